The maximum atomic E-state index is 13.0. The van der Waals surface area contributed by atoms with E-state index in [4.69, 9.17) is 0 Å². The van der Waals surface area contributed by atoms with Crippen molar-refractivity contribution >= 4 is 32.1 Å². The van der Waals surface area contributed by atoms with Gasteiger partial charge in [0.1, 0.15) is 0 Å². The lowest BCUT2D eigenvalue weighted by Gasteiger charge is -2.33. The van der Waals surface area contributed by atoms with Gasteiger partial charge in [-0.15, -0.1) is 11.3 Å². The van der Waals surface area contributed by atoms with E-state index in [9.17, 15) is 8.42 Å². The van der Waals surface area contributed by atoms with Gasteiger partial charge in [-0.3, -0.25) is 4.90 Å². The molecule has 0 atom stereocenters. The molecule has 2 heterocycles. The highest BCUT2D eigenvalue weighted by Crippen LogP contribution is 2.23. The number of fused-ring (bicyclic) bond motifs is 1. The fourth-order valence-electron chi connectivity index (χ4n) is 3.42. The predicted molar refractivity (Wildman–Crippen MR) is 109 cm³/mol. The van der Waals surface area contributed by atoms with Crippen molar-refractivity contribution in [2.24, 2.45) is 0 Å². The maximum absolute atomic E-state index is 13.0. The third kappa shape index (κ3) is 3.91. The lowest BCUT2D eigenvalue weighted by Crippen LogP contribution is -2.48. The fourth-order valence-corrected chi connectivity index (χ4v) is 5.61. The van der Waals surface area contributed by atoms with Crippen LogP contribution in [0.2, 0.25) is 0 Å². The van der Waals surface area contributed by atoms with Crippen molar-refractivity contribution < 1.29 is 8.42 Å². The number of nitrogens with zero attached hydrogens (tertiary/aromatic N) is 3. The normalized spacial score (nSPS) is 16.8. The summed E-state index contributed by atoms with van der Waals surface area (Å²) in [7, 11) is -3.46. The number of aromatic nitrogens is 1. The van der Waals surface area contributed by atoms with E-state index in [0.29, 0.717) is 18.0 Å². The highest BCUT2D eigenvalue weighted by molar-refractivity contribution is 7.89. The minimum absolute atomic E-state index is 0.377. The molecular formula is C20H23N3O2S2. The van der Waals surface area contributed by atoms with E-state index >= 15 is 0 Å². The van der Waals surface area contributed by atoms with Gasteiger partial charge in [-0.1, -0.05) is 37.3 Å². The Balaban J connectivity index is 1.44. The summed E-state index contributed by atoms with van der Waals surface area (Å²) in [6.07, 6.45) is 0.961. The Bertz CT molecular complexity index is 1040. The number of thiazole rings is 1. The Kier molecular flexibility index (Phi) is 5.27. The van der Waals surface area contributed by atoms with Gasteiger partial charge in [0.15, 0.2) is 0 Å². The lowest BCUT2D eigenvalue weighted by atomic mass is 10.1. The first-order chi connectivity index (χ1) is 13.1. The van der Waals surface area contributed by atoms with Crippen molar-refractivity contribution in [3.05, 3.63) is 58.5 Å². The Morgan fingerprint density at radius 2 is 1.78 bits per heavy atom. The lowest BCUT2D eigenvalue weighted by molar-refractivity contribution is 0.180. The Morgan fingerprint density at radius 1 is 1.04 bits per heavy atom. The van der Waals surface area contributed by atoms with Crippen LogP contribution in [0, 0.1) is 0 Å². The predicted octanol–water partition coefficient (Wildman–Crippen LogP) is 3.37. The van der Waals surface area contributed by atoms with Crippen LogP contribution in [0.4, 0.5) is 0 Å². The number of hydrogen-bond acceptors (Lipinski definition) is 5. The van der Waals surface area contributed by atoms with Crippen molar-refractivity contribution in [3.8, 4) is 0 Å². The van der Waals surface area contributed by atoms with Gasteiger partial charge in [-0.25, -0.2) is 13.4 Å². The molecule has 4 rings (SSSR count). The van der Waals surface area contributed by atoms with Crippen LogP contribution in [0.15, 0.2) is 52.7 Å². The molecule has 0 unspecified atom stereocenters. The third-order valence-corrected chi connectivity index (χ3v) is 7.91. The van der Waals surface area contributed by atoms with E-state index in [2.05, 4.69) is 22.2 Å². The van der Waals surface area contributed by atoms with E-state index in [1.54, 1.807) is 27.8 Å². The maximum Gasteiger partial charge on any atom is 0.243 e. The first kappa shape index (κ1) is 18.6. The Hall–Kier alpha value is -1.80. The fraction of sp³-hybridized carbons (Fsp3) is 0.350. The average molecular weight is 402 g/mol. The molecule has 27 heavy (non-hydrogen) atoms. The van der Waals surface area contributed by atoms with Gasteiger partial charge in [-0.2, -0.15) is 4.31 Å². The minimum Gasteiger partial charge on any atom is -0.295 e. The molecule has 0 spiro atoms. The number of rotatable bonds is 5. The molecule has 1 saturated heterocycles. The molecule has 0 amide bonds. The van der Waals surface area contributed by atoms with Crippen molar-refractivity contribution in [2.45, 2.75) is 24.8 Å². The summed E-state index contributed by atoms with van der Waals surface area (Å²) in [5, 5.41) is 5.27. The molecule has 7 heteroatoms. The van der Waals surface area contributed by atoms with Gasteiger partial charge in [0.25, 0.3) is 0 Å². The van der Waals surface area contributed by atoms with Crippen molar-refractivity contribution in [3.63, 3.8) is 0 Å². The molecule has 0 bridgehead atoms. The zero-order valence-corrected chi connectivity index (χ0v) is 17.0. The monoisotopic (exact) mass is 401 g/mol. The summed E-state index contributed by atoms with van der Waals surface area (Å²) in [6, 6.07) is 13.2. The van der Waals surface area contributed by atoms with Gasteiger partial charge >= 0.3 is 0 Å². The molecule has 0 N–H and O–H groups in total. The summed E-state index contributed by atoms with van der Waals surface area (Å²) < 4.78 is 27.7. The van der Waals surface area contributed by atoms with Crippen LogP contribution in [-0.4, -0.2) is 48.8 Å². The smallest absolute Gasteiger partial charge is 0.243 e. The van der Waals surface area contributed by atoms with Crippen LogP contribution in [0.1, 0.15) is 17.6 Å². The standard InChI is InChI=1S/C20H23N3O2S2/c1-2-20-21-18(15-26-20)14-22-9-11-23(12-10-22)27(24,25)19-8-7-16-5-3-4-6-17(16)13-19/h3-8,13,15H,2,9-12,14H2,1H3. The van der Waals surface area contributed by atoms with E-state index in [1.165, 1.54) is 0 Å². The summed E-state index contributed by atoms with van der Waals surface area (Å²) in [5.41, 5.74) is 1.09. The number of sulfonamides is 1. The molecule has 2 aromatic carbocycles. The molecule has 5 nitrogen and oxygen atoms in total. The van der Waals surface area contributed by atoms with E-state index < -0.39 is 10.0 Å². The van der Waals surface area contributed by atoms with Gasteiger partial charge in [0.05, 0.1) is 15.6 Å². The van der Waals surface area contributed by atoms with Crippen molar-refractivity contribution in [2.75, 3.05) is 26.2 Å². The molecule has 1 aromatic heterocycles. The highest BCUT2D eigenvalue weighted by Gasteiger charge is 2.28. The second kappa shape index (κ2) is 7.67. The number of hydrogen-bond donors (Lipinski definition) is 0. The van der Waals surface area contributed by atoms with Gasteiger partial charge in [0, 0.05) is 38.1 Å². The van der Waals surface area contributed by atoms with Crippen LogP contribution >= 0.6 is 11.3 Å². The molecule has 1 aliphatic rings. The molecule has 1 aliphatic heterocycles. The van der Waals surface area contributed by atoms with E-state index in [1.807, 2.05) is 30.3 Å². The molecule has 142 valence electrons. The second-order valence-electron chi connectivity index (χ2n) is 6.78. The Labute approximate surface area is 164 Å². The quantitative estimate of drug-likeness (QED) is 0.658. The molecule has 0 aliphatic carbocycles. The summed E-state index contributed by atoms with van der Waals surface area (Å²) in [4.78, 5) is 7.27. The van der Waals surface area contributed by atoms with E-state index in [-0.39, 0.29) is 0 Å². The first-order valence-electron chi connectivity index (χ1n) is 9.21. The highest BCUT2D eigenvalue weighted by atomic mass is 32.2. The summed E-state index contributed by atoms with van der Waals surface area (Å²) in [5.74, 6) is 0. The second-order valence-corrected chi connectivity index (χ2v) is 9.66. The summed E-state index contributed by atoms with van der Waals surface area (Å²) in [6.45, 7) is 5.39. The molecule has 3 aromatic rings. The Morgan fingerprint density at radius 3 is 2.48 bits per heavy atom. The topological polar surface area (TPSA) is 53.5 Å². The largest absolute Gasteiger partial charge is 0.295 e. The molecule has 0 saturated carbocycles. The van der Waals surface area contributed by atoms with Crippen molar-refractivity contribution in [1.82, 2.24) is 14.2 Å². The van der Waals surface area contributed by atoms with Crippen LogP contribution in [0.25, 0.3) is 10.8 Å². The average Bonchev–Trinajstić information content (AvgIpc) is 3.15. The molecular weight excluding hydrogens is 378 g/mol. The van der Waals surface area contributed by atoms with Crippen LogP contribution in [0.5, 0.6) is 0 Å². The SMILES string of the molecule is CCc1nc(CN2CCN(S(=O)(=O)c3ccc4ccccc4c3)CC2)cs1. The van der Waals surface area contributed by atoms with Crippen LogP contribution in [0.3, 0.4) is 0 Å². The van der Waals surface area contributed by atoms with Gasteiger partial charge in [-0.05, 0) is 29.3 Å². The number of aryl methyl sites for hydroxylation is 1. The van der Waals surface area contributed by atoms with Gasteiger partial charge < -0.3 is 0 Å². The van der Waals surface area contributed by atoms with Gasteiger partial charge in [0.2, 0.25) is 10.0 Å². The summed E-state index contributed by atoms with van der Waals surface area (Å²) >= 11 is 1.70. The molecule has 0 radical (unpaired) electrons. The third-order valence-electron chi connectivity index (χ3n) is 4.98. The molecule has 1 fully saturated rings. The van der Waals surface area contributed by atoms with Crippen molar-refractivity contribution in [1.29, 1.82) is 0 Å². The zero-order chi connectivity index (χ0) is 18.9. The van der Waals surface area contributed by atoms with Crippen LogP contribution < -0.4 is 0 Å². The minimum atomic E-state index is -3.46. The first-order valence-corrected chi connectivity index (χ1v) is 11.5. The zero-order valence-electron chi connectivity index (χ0n) is 15.3. The van der Waals surface area contributed by atoms with Crippen LogP contribution in [-0.2, 0) is 23.0 Å². The number of piperazine rings is 1. The number of benzene rings is 2. The van der Waals surface area contributed by atoms with E-state index in [0.717, 1.165) is 47.5 Å².